The summed E-state index contributed by atoms with van der Waals surface area (Å²) in [6.07, 6.45) is 0. The number of halogens is 1. The summed E-state index contributed by atoms with van der Waals surface area (Å²) in [7, 11) is 0. The molecule has 0 bridgehead atoms. The smallest absolute Gasteiger partial charge is 0.860 e. The zero-order chi connectivity index (χ0) is 8.43. The minimum atomic E-state index is -1.01. The molecule has 60 valence electrons. The van der Waals surface area contributed by atoms with Gasteiger partial charge in [0.1, 0.15) is 0 Å². The summed E-state index contributed by atoms with van der Waals surface area (Å²) >= 11 is 0. The molecule has 0 unspecified atom stereocenters. The van der Waals surface area contributed by atoms with E-state index < -0.39 is 17.3 Å². The Hall–Kier alpha value is -0.360. The number of hydrogen-bond acceptors (Lipinski definition) is 3. The molecule has 0 aliphatic carbocycles. The standard InChI is InChI=1S/C6H7FN2O2.Na/c7-4-1-3(2-8)5(10)9-6(4)11;/h1H,2,8H2,(H2,9,10,11);/q;+1/p-1. The van der Waals surface area contributed by atoms with E-state index in [2.05, 4.69) is 0 Å². The van der Waals surface area contributed by atoms with Crippen molar-refractivity contribution in [3.63, 3.8) is 0 Å². The van der Waals surface area contributed by atoms with Gasteiger partial charge in [0.25, 0.3) is 5.56 Å². The van der Waals surface area contributed by atoms with Gasteiger partial charge in [-0.05, 0) is 17.5 Å². The fraction of sp³-hybridized carbons (Fsp3) is 0.167. The molecule has 12 heavy (non-hydrogen) atoms. The minimum Gasteiger partial charge on any atom is -0.860 e. The number of aromatic amines is 1. The van der Waals surface area contributed by atoms with E-state index in [9.17, 15) is 14.3 Å². The molecule has 0 saturated carbocycles. The summed E-state index contributed by atoms with van der Waals surface area (Å²) in [5.74, 6) is -1.61. The topological polar surface area (TPSA) is 81.9 Å². The van der Waals surface area contributed by atoms with E-state index in [1.807, 2.05) is 0 Å². The van der Waals surface area contributed by atoms with Gasteiger partial charge in [-0.1, -0.05) is 0 Å². The first kappa shape index (κ1) is 11.6. The molecule has 0 fully saturated rings. The molecule has 0 aromatic carbocycles. The van der Waals surface area contributed by atoms with Crippen LogP contribution in [0.4, 0.5) is 4.39 Å². The van der Waals surface area contributed by atoms with Crippen LogP contribution in [-0.2, 0) is 6.54 Å². The van der Waals surface area contributed by atoms with Gasteiger partial charge >= 0.3 is 29.6 Å². The molecule has 0 amide bonds. The molecular formula is C6H6FN2NaO2. The summed E-state index contributed by atoms with van der Waals surface area (Å²) in [4.78, 5) is 12.2. The van der Waals surface area contributed by atoms with E-state index in [0.717, 1.165) is 6.07 Å². The number of rotatable bonds is 1. The monoisotopic (exact) mass is 180 g/mol. The van der Waals surface area contributed by atoms with E-state index in [0.29, 0.717) is 0 Å². The molecule has 0 aliphatic rings. The maximum Gasteiger partial charge on any atom is 1.00 e. The Kier molecular flexibility index (Phi) is 4.47. The first-order valence-electron chi connectivity index (χ1n) is 2.94. The number of nitrogens with one attached hydrogen (secondary N) is 1. The molecule has 0 radical (unpaired) electrons. The van der Waals surface area contributed by atoms with Crippen molar-refractivity contribution in [2.45, 2.75) is 6.54 Å². The van der Waals surface area contributed by atoms with E-state index in [-0.39, 0.29) is 41.7 Å². The average molecular weight is 180 g/mol. The van der Waals surface area contributed by atoms with Gasteiger partial charge in [0.2, 0.25) is 0 Å². The Bertz CT molecular complexity index is 326. The van der Waals surface area contributed by atoms with E-state index in [4.69, 9.17) is 5.73 Å². The van der Waals surface area contributed by atoms with Gasteiger partial charge in [-0.3, -0.25) is 4.79 Å². The maximum absolute atomic E-state index is 12.4. The largest absolute Gasteiger partial charge is 1.00 e. The Morgan fingerprint density at radius 3 is 2.75 bits per heavy atom. The third-order valence-corrected chi connectivity index (χ3v) is 1.26. The van der Waals surface area contributed by atoms with Crippen molar-refractivity contribution in [2.75, 3.05) is 0 Å². The first-order chi connectivity index (χ1) is 5.15. The molecule has 1 aromatic rings. The molecule has 0 saturated heterocycles. The number of aromatic nitrogens is 1. The average Bonchev–Trinajstić information content (AvgIpc) is 1.97. The molecule has 6 heteroatoms. The van der Waals surface area contributed by atoms with Gasteiger partial charge in [0.15, 0.2) is 5.82 Å². The van der Waals surface area contributed by atoms with Crippen LogP contribution in [0.3, 0.4) is 0 Å². The van der Waals surface area contributed by atoms with Crippen LogP contribution in [-0.4, -0.2) is 4.98 Å². The normalized spacial score (nSPS) is 9.17. The molecule has 4 nitrogen and oxygen atoms in total. The molecule has 0 aliphatic heterocycles. The summed E-state index contributed by atoms with van der Waals surface area (Å²) in [6, 6.07) is 0.848. The number of nitrogens with two attached hydrogens (primary N) is 1. The molecule has 1 aromatic heterocycles. The summed E-state index contributed by atoms with van der Waals surface area (Å²) in [5, 5.41) is 10.7. The molecule has 0 atom stereocenters. The van der Waals surface area contributed by atoms with Crippen LogP contribution in [0, 0.1) is 5.82 Å². The second-order valence-corrected chi connectivity index (χ2v) is 2.00. The second kappa shape index (κ2) is 4.61. The Labute approximate surface area is 89.9 Å². The third-order valence-electron chi connectivity index (χ3n) is 1.26. The summed E-state index contributed by atoms with van der Waals surface area (Å²) < 4.78 is 12.4. The van der Waals surface area contributed by atoms with Crippen LogP contribution in [0.25, 0.3) is 0 Å². The molecule has 1 rings (SSSR count). The molecule has 3 N–H and O–H groups in total. The van der Waals surface area contributed by atoms with Gasteiger partial charge in [-0.25, -0.2) is 4.39 Å². The van der Waals surface area contributed by atoms with Crippen LogP contribution in [0.5, 0.6) is 5.88 Å². The van der Waals surface area contributed by atoms with Crippen LogP contribution < -0.4 is 46.0 Å². The van der Waals surface area contributed by atoms with Crippen LogP contribution >= 0.6 is 0 Å². The zero-order valence-electron chi connectivity index (χ0n) is 6.56. The van der Waals surface area contributed by atoms with Crippen molar-refractivity contribution < 1.29 is 39.1 Å². The fourth-order valence-corrected chi connectivity index (χ4v) is 0.679. The van der Waals surface area contributed by atoms with Crippen LogP contribution in [0.15, 0.2) is 10.9 Å². The number of H-pyrrole nitrogens is 1. The third kappa shape index (κ3) is 2.31. The van der Waals surface area contributed by atoms with Crippen LogP contribution in [0.2, 0.25) is 0 Å². The first-order valence-corrected chi connectivity index (χ1v) is 2.94. The van der Waals surface area contributed by atoms with Gasteiger partial charge in [-0.2, -0.15) is 0 Å². The Balaban J connectivity index is 0.00000121. The summed E-state index contributed by atoms with van der Waals surface area (Å²) in [5.41, 5.74) is 4.15. The molecule has 0 spiro atoms. The predicted octanol–water partition coefficient (Wildman–Crippen LogP) is -3.95. The van der Waals surface area contributed by atoms with Crippen molar-refractivity contribution >= 4 is 0 Å². The Morgan fingerprint density at radius 2 is 2.25 bits per heavy atom. The van der Waals surface area contributed by atoms with Crippen LogP contribution in [0.1, 0.15) is 5.56 Å². The fourth-order valence-electron chi connectivity index (χ4n) is 0.679. The van der Waals surface area contributed by atoms with E-state index in [1.54, 1.807) is 4.98 Å². The van der Waals surface area contributed by atoms with Gasteiger partial charge in [-0.15, -0.1) is 0 Å². The predicted molar refractivity (Wildman–Crippen MR) is 34.4 cm³/mol. The van der Waals surface area contributed by atoms with E-state index >= 15 is 0 Å². The molecule has 1 heterocycles. The number of hydrogen-bond donors (Lipinski definition) is 2. The SMILES string of the molecule is NCc1cc(F)c(=O)[nH]c1[O-].[Na+]. The number of pyridine rings is 1. The zero-order valence-corrected chi connectivity index (χ0v) is 8.56. The van der Waals surface area contributed by atoms with Crippen molar-refractivity contribution in [3.8, 4) is 5.88 Å². The van der Waals surface area contributed by atoms with Crippen molar-refractivity contribution in [2.24, 2.45) is 5.73 Å². The Morgan fingerprint density at radius 1 is 1.67 bits per heavy atom. The quantitative estimate of drug-likeness (QED) is 0.433. The molecular weight excluding hydrogens is 174 g/mol. The minimum absolute atomic E-state index is 0. The van der Waals surface area contributed by atoms with Crippen molar-refractivity contribution in [1.29, 1.82) is 0 Å². The van der Waals surface area contributed by atoms with Gasteiger partial charge in [0.05, 0.1) is 0 Å². The van der Waals surface area contributed by atoms with E-state index in [1.165, 1.54) is 0 Å². The maximum atomic E-state index is 12.4. The van der Waals surface area contributed by atoms with Gasteiger partial charge < -0.3 is 15.8 Å². The van der Waals surface area contributed by atoms with Gasteiger partial charge in [0, 0.05) is 6.54 Å². The second-order valence-electron chi connectivity index (χ2n) is 2.00. The summed E-state index contributed by atoms with van der Waals surface area (Å²) in [6.45, 7) is -0.0769. The van der Waals surface area contributed by atoms with Crippen molar-refractivity contribution in [1.82, 2.24) is 4.98 Å². The van der Waals surface area contributed by atoms with Crippen molar-refractivity contribution in [3.05, 3.63) is 27.8 Å².